The highest BCUT2D eigenvalue weighted by Crippen LogP contribution is 2.47. The molecule has 1 aromatic heterocycles. The predicted octanol–water partition coefficient (Wildman–Crippen LogP) is 15.0. The van der Waals surface area contributed by atoms with Crippen LogP contribution in [0.15, 0.2) is 205 Å². The number of nitrogens with zero attached hydrogens (tertiary/aromatic N) is 1. The lowest BCUT2D eigenvalue weighted by Crippen LogP contribution is -2.09. The molecular formula is C52H33NO. The second-order valence-corrected chi connectivity index (χ2v) is 14.1. The highest BCUT2D eigenvalue weighted by Gasteiger charge is 2.20. The maximum absolute atomic E-state index is 6.25. The largest absolute Gasteiger partial charge is 0.456 e. The van der Waals surface area contributed by atoms with Crippen LogP contribution >= 0.6 is 0 Å². The molecule has 10 aromatic carbocycles. The first-order valence-electron chi connectivity index (χ1n) is 18.5. The Hall–Kier alpha value is -7.16. The number of furan rings is 1. The summed E-state index contributed by atoms with van der Waals surface area (Å²) >= 11 is 0. The third-order valence-electron chi connectivity index (χ3n) is 11.0. The summed E-state index contributed by atoms with van der Waals surface area (Å²) in [5.74, 6) is 0. The number of anilines is 3. The molecule has 0 saturated carbocycles. The van der Waals surface area contributed by atoms with E-state index in [2.05, 4.69) is 193 Å². The van der Waals surface area contributed by atoms with E-state index in [9.17, 15) is 0 Å². The third kappa shape index (κ3) is 4.88. The van der Waals surface area contributed by atoms with Gasteiger partial charge in [0.25, 0.3) is 0 Å². The number of rotatable bonds is 5. The smallest absolute Gasteiger partial charge is 0.135 e. The van der Waals surface area contributed by atoms with Crippen LogP contribution in [-0.4, -0.2) is 0 Å². The molecule has 0 atom stereocenters. The van der Waals surface area contributed by atoms with E-state index < -0.39 is 0 Å². The van der Waals surface area contributed by atoms with Crippen LogP contribution in [0.4, 0.5) is 17.1 Å². The first-order valence-corrected chi connectivity index (χ1v) is 18.5. The summed E-state index contributed by atoms with van der Waals surface area (Å²) < 4.78 is 6.25. The molecule has 0 radical (unpaired) electrons. The van der Waals surface area contributed by atoms with E-state index in [0.717, 1.165) is 39.0 Å². The predicted molar refractivity (Wildman–Crippen MR) is 229 cm³/mol. The SMILES string of the molecule is c1ccc(N(c2ccccc2)c2ccc3cc(-c4c5ccccc5c(-c5ccc6oc7ccccc7c6c5)c5cc6ccccc6cc45)ccc3c2)cc1. The average molecular weight is 688 g/mol. The lowest BCUT2D eigenvalue weighted by molar-refractivity contribution is 0.669. The van der Waals surface area contributed by atoms with E-state index in [-0.39, 0.29) is 0 Å². The summed E-state index contributed by atoms with van der Waals surface area (Å²) in [5, 5.41) is 12.1. The standard InChI is InChI=1S/C52H33NO/c1-3-15-40(16-4-1)53(41-17-5-2-6-18-41)42-27-25-36-29-38(24-23-37(36)30-42)51-44-20-9-10-21-45(44)52(48-32-35-14-8-7-13-34(35)31-47(48)51)39-26-28-50-46(33-39)43-19-11-12-22-49(43)54-50/h1-33H. The Morgan fingerprint density at radius 3 is 1.43 bits per heavy atom. The first-order chi connectivity index (χ1) is 26.8. The fraction of sp³-hybridized carbons (Fsp3) is 0. The van der Waals surface area contributed by atoms with E-state index in [0.29, 0.717) is 0 Å². The van der Waals surface area contributed by atoms with Crippen molar-refractivity contribution in [2.75, 3.05) is 4.90 Å². The van der Waals surface area contributed by atoms with Crippen LogP contribution < -0.4 is 4.90 Å². The molecule has 11 rings (SSSR count). The van der Waals surface area contributed by atoms with Gasteiger partial charge in [0.15, 0.2) is 0 Å². The zero-order valence-electron chi connectivity index (χ0n) is 29.4. The molecule has 2 nitrogen and oxygen atoms in total. The fourth-order valence-electron chi connectivity index (χ4n) is 8.50. The molecule has 0 amide bonds. The fourth-order valence-corrected chi connectivity index (χ4v) is 8.50. The molecule has 11 aromatic rings. The Morgan fingerprint density at radius 2 is 0.759 bits per heavy atom. The monoisotopic (exact) mass is 687 g/mol. The Labute approximate surface area is 312 Å². The highest BCUT2D eigenvalue weighted by molar-refractivity contribution is 6.24. The summed E-state index contributed by atoms with van der Waals surface area (Å²) in [4.78, 5) is 2.32. The topological polar surface area (TPSA) is 16.4 Å². The van der Waals surface area contributed by atoms with Crippen LogP contribution in [0.3, 0.4) is 0 Å². The second-order valence-electron chi connectivity index (χ2n) is 14.1. The van der Waals surface area contributed by atoms with Gasteiger partial charge in [-0.3, -0.25) is 0 Å². The van der Waals surface area contributed by atoms with Crippen molar-refractivity contribution in [3.63, 3.8) is 0 Å². The van der Waals surface area contributed by atoms with Crippen LogP contribution in [0.5, 0.6) is 0 Å². The van der Waals surface area contributed by atoms with Gasteiger partial charge in [0.2, 0.25) is 0 Å². The van der Waals surface area contributed by atoms with Gasteiger partial charge >= 0.3 is 0 Å². The number of fused-ring (bicyclic) bond motifs is 7. The molecule has 1 heterocycles. The molecule has 0 aliphatic rings. The summed E-state index contributed by atoms with van der Waals surface area (Å²) in [5.41, 5.74) is 10.1. The second kappa shape index (κ2) is 12.2. The van der Waals surface area contributed by atoms with Crippen molar-refractivity contribution < 1.29 is 4.42 Å². The maximum Gasteiger partial charge on any atom is 0.135 e. The molecule has 54 heavy (non-hydrogen) atoms. The van der Waals surface area contributed by atoms with Gasteiger partial charge in [0.1, 0.15) is 11.2 Å². The van der Waals surface area contributed by atoms with Gasteiger partial charge < -0.3 is 9.32 Å². The lowest BCUT2D eigenvalue weighted by atomic mass is 9.84. The minimum atomic E-state index is 0.908. The van der Waals surface area contributed by atoms with Gasteiger partial charge in [-0.1, -0.05) is 127 Å². The van der Waals surface area contributed by atoms with Gasteiger partial charge in [-0.05, 0) is 138 Å². The van der Waals surface area contributed by atoms with Crippen LogP contribution in [0.2, 0.25) is 0 Å². The number of hydrogen-bond donors (Lipinski definition) is 0. The zero-order valence-corrected chi connectivity index (χ0v) is 29.4. The summed E-state index contributed by atoms with van der Waals surface area (Å²) in [7, 11) is 0. The van der Waals surface area contributed by atoms with Gasteiger partial charge in [-0.15, -0.1) is 0 Å². The molecular weight excluding hydrogens is 655 g/mol. The normalized spacial score (nSPS) is 11.7. The minimum absolute atomic E-state index is 0.908. The Balaban J connectivity index is 1.14. The molecule has 0 unspecified atom stereocenters. The molecule has 0 fully saturated rings. The van der Waals surface area contributed by atoms with Gasteiger partial charge in [0, 0.05) is 27.8 Å². The maximum atomic E-state index is 6.25. The molecule has 0 bridgehead atoms. The molecule has 252 valence electrons. The van der Waals surface area contributed by atoms with Crippen LogP contribution in [0.25, 0.3) is 87.3 Å². The van der Waals surface area contributed by atoms with E-state index in [1.807, 2.05) is 12.1 Å². The van der Waals surface area contributed by atoms with Gasteiger partial charge in [0.05, 0.1) is 0 Å². The van der Waals surface area contributed by atoms with Crippen LogP contribution in [-0.2, 0) is 0 Å². The number of benzene rings is 10. The summed E-state index contributed by atoms with van der Waals surface area (Å²) in [6.07, 6.45) is 0. The quantitative estimate of drug-likeness (QED) is 0.168. The molecule has 0 saturated heterocycles. The van der Waals surface area contributed by atoms with Gasteiger partial charge in [-0.25, -0.2) is 0 Å². The Bertz CT molecular complexity index is 3170. The van der Waals surface area contributed by atoms with Crippen LogP contribution in [0.1, 0.15) is 0 Å². The van der Waals surface area contributed by atoms with E-state index in [1.54, 1.807) is 0 Å². The van der Waals surface area contributed by atoms with E-state index >= 15 is 0 Å². The average Bonchev–Trinajstić information content (AvgIpc) is 3.61. The van der Waals surface area contributed by atoms with Gasteiger partial charge in [-0.2, -0.15) is 0 Å². The number of hydrogen-bond acceptors (Lipinski definition) is 2. The Morgan fingerprint density at radius 1 is 0.278 bits per heavy atom. The minimum Gasteiger partial charge on any atom is -0.456 e. The van der Waals surface area contributed by atoms with E-state index in [1.165, 1.54) is 65.3 Å². The molecule has 0 spiro atoms. The van der Waals surface area contributed by atoms with Crippen molar-refractivity contribution in [3.05, 3.63) is 200 Å². The molecule has 0 aliphatic heterocycles. The van der Waals surface area contributed by atoms with Crippen molar-refractivity contribution in [2.24, 2.45) is 0 Å². The number of para-hydroxylation sites is 3. The van der Waals surface area contributed by atoms with E-state index in [4.69, 9.17) is 4.42 Å². The van der Waals surface area contributed by atoms with Crippen molar-refractivity contribution in [1.29, 1.82) is 0 Å². The molecule has 0 N–H and O–H groups in total. The van der Waals surface area contributed by atoms with Crippen molar-refractivity contribution in [1.82, 2.24) is 0 Å². The zero-order chi connectivity index (χ0) is 35.6. The summed E-state index contributed by atoms with van der Waals surface area (Å²) in [6, 6.07) is 72.4. The third-order valence-corrected chi connectivity index (χ3v) is 11.0. The molecule has 2 heteroatoms. The van der Waals surface area contributed by atoms with Crippen molar-refractivity contribution in [3.8, 4) is 22.3 Å². The Kier molecular flexibility index (Phi) is 6.90. The highest BCUT2D eigenvalue weighted by atomic mass is 16.3. The lowest BCUT2D eigenvalue weighted by Gasteiger charge is -2.25. The van der Waals surface area contributed by atoms with Crippen molar-refractivity contribution in [2.45, 2.75) is 0 Å². The molecule has 0 aliphatic carbocycles. The summed E-state index contributed by atoms with van der Waals surface area (Å²) in [6.45, 7) is 0. The van der Waals surface area contributed by atoms with Crippen LogP contribution in [0, 0.1) is 0 Å². The first kappa shape index (κ1) is 30.5. The van der Waals surface area contributed by atoms with Crippen molar-refractivity contribution >= 4 is 82.1 Å².